The topological polar surface area (TPSA) is 96.2 Å². The van der Waals surface area contributed by atoms with Crippen LogP contribution in [0.1, 0.15) is 23.6 Å². The Morgan fingerprint density at radius 3 is 2.76 bits per heavy atom. The van der Waals surface area contributed by atoms with Gasteiger partial charge in [0.25, 0.3) is 5.91 Å². The highest BCUT2D eigenvalue weighted by Crippen LogP contribution is 2.39. The van der Waals surface area contributed by atoms with E-state index in [1.54, 1.807) is 36.7 Å². The Bertz CT molecular complexity index is 1050. The third kappa shape index (κ3) is 4.88. The number of ether oxygens (including phenoxy) is 2. The van der Waals surface area contributed by atoms with Gasteiger partial charge in [-0.3, -0.25) is 14.6 Å². The molecule has 2 saturated heterocycles. The maximum atomic E-state index is 13.4. The van der Waals surface area contributed by atoms with Crippen LogP contribution >= 0.6 is 11.6 Å². The Hall–Kier alpha value is -2.94. The van der Waals surface area contributed by atoms with Gasteiger partial charge in [0.05, 0.1) is 37.9 Å². The molecular formula is C24H26ClN3O5. The third-order valence-corrected chi connectivity index (χ3v) is 6.37. The minimum absolute atomic E-state index is 0.0760. The van der Waals surface area contributed by atoms with Gasteiger partial charge in [-0.2, -0.15) is 0 Å². The van der Waals surface area contributed by atoms with E-state index < -0.39 is 23.5 Å². The molecular weight excluding hydrogens is 446 g/mol. The van der Waals surface area contributed by atoms with Gasteiger partial charge in [0.1, 0.15) is 18.8 Å². The molecule has 0 aliphatic carbocycles. The number of nitrogens with zero attached hydrogens (tertiary/aromatic N) is 2. The average molecular weight is 472 g/mol. The first-order valence-electron chi connectivity index (χ1n) is 10.9. The smallest absolute Gasteiger partial charge is 0.295 e. The van der Waals surface area contributed by atoms with Gasteiger partial charge in [0.2, 0.25) is 5.78 Å². The molecule has 33 heavy (non-hydrogen) atoms. The van der Waals surface area contributed by atoms with Gasteiger partial charge in [0.15, 0.2) is 0 Å². The maximum Gasteiger partial charge on any atom is 0.295 e. The number of hydrogen-bond acceptors (Lipinski definition) is 6. The van der Waals surface area contributed by atoms with Gasteiger partial charge in [0, 0.05) is 30.9 Å². The molecule has 8 nitrogen and oxygen atoms in total. The van der Waals surface area contributed by atoms with Crippen LogP contribution < -0.4 is 14.7 Å². The SMILES string of the molecule is COc1ccc(/C([O-])=C2\C(=O)C(=O)N(CCC[NH+]3CCOCC3)C2c2cccnc2)cc1Cl. The fraction of sp³-hybridized carbons (Fsp3) is 0.375. The van der Waals surface area contributed by atoms with Crippen molar-refractivity contribution in [3.8, 4) is 5.75 Å². The molecule has 4 rings (SSSR count). The zero-order valence-electron chi connectivity index (χ0n) is 18.4. The molecule has 0 spiro atoms. The summed E-state index contributed by atoms with van der Waals surface area (Å²) in [5, 5.41) is 13.7. The number of pyridine rings is 1. The Balaban J connectivity index is 1.66. The molecule has 1 amide bonds. The molecule has 174 valence electrons. The van der Waals surface area contributed by atoms with E-state index in [0.717, 1.165) is 32.8 Å². The summed E-state index contributed by atoms with van der Waals surface area (Å²) < 4.78 is 10.5. The molecule has 1 N–H and O–H groups in total. The minimum Gasteiger partial charge on any atom is -0.872 e. The van der Waals surface area contributed by atoms with Crippen LogP contribution in [0.5, 0.6) is 5.75 Å². The van der Waals surface area contributed by atoms with E-state index in [4.69, 9.17) is 21.1 Å². The third-order valence-electron chi connectivity index (χ3n) is 6.07. The highest BCUT2D eigenvalue weighted by molar-refractivity contribution is 6.46. The molecule has 2 fully saturated rings. The van der Waals surface area contributed by atoms with Crippen LogP contribution in [0.25, 0.3) is 5.76 Å². The molecule has 1 atom stereocenters. The lowest BCUT2D eigenvalue weighted by molar-refractivity contribution is -0.908. The fourth-order valence-electron chi connectivity index (χ4n) is 4.36. The number of amides is 1. The number of rotatable bonds is 7. The number of benzene rings is 1. The van der Waals surface area contributed by atoms with E-state index in [0.29, 0.717) is 24.3 Å². The zero-order chi connectivity index (χ0) is 23.4. The van der Waals surface area contributed by atoms with Crippen LogP contribution in [0.3, 0.4) is 0 Å². The summed E-state index contributed by atoms with van der Waals surface area (Å²) in [5.41, 5.74) is 0.775. The number of likely N-dealkylation sites (tertiary alicyclic amines) is 1. The number of carbonyl (C=O) groups is 2. The summed E-state index contributed by atoms with van der Waals surface area (Å²) in [6.45, 7) is 4.53. The zero-order valence-corrected chi connectivity index (χ0v) is 19.1. The number of Topliss-reactive ketones (excluding diaryl/α,β-unsaturated/α-hetero) is 1. The predicted octanol–water partition coefficient (Wildman–Crippen LogP) is 0.273. The summed E-state index contributed by atoms with van der Waals surface area (Å²) in [5.74, 6) is -1.54. The molecule has 2 aliphatic rings. The lowest BCUT2D eigenvalue weighted by Gasteiger charge is -2.28. The predicted molar refractivity (Wildman–Crippen MR) is 120 cm³/mol. The van der Waals surface area contributed by atoms with E-state index >= 15 is 0 Å². The van der Waals surface area contributed by atoms with Crippen LogP contribution in [0.4, 0.5) is 0 Å². The quantitative estimate of drug-likeness (QED) is 0.354. The first kappa shape index (κ1) is 23.2. The maximum absolute atomic E-state index is 13.4. The normalized spacial score (nSPS) is 20.9. The first-order chi connectivity index (χ1) is 16.0. The van der Waals surface area contributed by atoms with Crippen molar-refractivity contribution >= 4 is 29.1 Å². The Labute approximate surface area is 197 Å². The van der Waals surface area contributed by atoms with E-state index in [1.165, 1.54) is 23.0 Å². The molecule has 1 unspecified atom stereocenters. The molecule has 0 bridgehead atoms. The second-order valence-electron chi connectivity index (χ2n) is 8.07. The number of quaternary nitrogens is 1. The Kier molecular flexibility index (Phi) is 7.27. The molecule has 2 aliphatic heterocycles. The summed E-state index contributed by atoms with van der Waals surface area (Å²) in [7, 11) is 1.48. The number of morpholine rings is 1. The molecule has 0 radical (unpaired) electrons. The van der Waals surface area contributed by atoms with Crippen molar-refractivity contribution in [3.63, 3.8) is 0 Å². The van der Waals surface area contributed by atoms with E-state index in [2.05, 4.69) is 4.98 Å². The largest absolute Gasteiger partial charge is 0.872 e. The standard InChI is InChI=1S/C24H26ClN3O5/c1-32-19-6-5-16(14-18(19)25)22(29)20-21(17-4-2-7-26-15-17)28(24(31)23(20)30)9-3-8-27-10-12-33-13-11-27/h2,4-7,14-15,21,29H,3,8-13H2,1H3/b22-20+. The molecule has 1 aromatic heterocycles. The first-order valence-corrected chi connectivity index (χ1v) is 11.3. The number of hydrogen-bond donors (Lipinski definition) is 1. The highest BCUT2D eigenvalue weighted by atomic mass is 35.5. The lowest BCUT2D eigenvalue weighted by Crippen LogP contribution is -3.14. The molecule has 3 heterocycles. The van der Waals surface area contributed by atoms with Crippen LogP contribution in [0, 0.1) is 0 Å². The monoisotopic (exact) mass is 471 g/mol. The number of carbonyl (C=O) groups excluding carboxylic acids is 2. The number of aromatic nitrogens is 1. The Morgan fingerprint density at radius 1 is 1.30 bits per heavy atom. The fourth-order valence-corrected chi connectivity index (χ4v) is 4.62. The van der Waals surface area contributed by atoms with Gasteiger partial charge < -0.3 is 24.4 Å². The van der Waals surface area contributed by atoms with Gasteiger partial charge in [-0.15, -0.1) is 0 Å². The Morgan fingerprint density at radius 2 is 2.09 bits per heavy atom. The van der Waals surface area contributed by atoms with Gasteiger partial charge >= 0.3 is 0 Å². The molecule has 2 aromatic rings. The van der Waals surface area contributed by atoms with Gasteiger partial charge in [-0.25, -0.2) is 0 Å². The summed E-state index contributed by atoms with van der Waals surface area (Å²) >= 11 is 6.20. The van der Waals surface area contributed by atoms with E-state index in [-0.39, 0.29) is 16.2 Å². The van der Waals surface area contributed by atoms with Crippen molar-refractivity contribution in [2.45, 2.75) is 12.5 Å². The van der Waals surface area contributed by atoms with Crippen molar-refractivity contribution in [2.75, 3.05) is 46.5 Å². The van der Waals surface area contributed by atoms with E-state index in [1.807, 2.05) is 0 Å². The number of nitrogens with one attached hydrogen (secondary N) is 1. The van der Waals surface area contributed by atoms with Crippen LogP contribution in [-0.4, -0.2) is 68.1 Å². The van der Waals surface area contributed by atoms with Crippen molar-refractivity contribution in [1.29, 1.82) is 0 Å². The van der Waals surface area contributed by atoms with Crippen molar-refractivity contribution in [1.82, 2.24) is 9.88 Å². The summed E-state index contributed by atoms with van der Waals surface area (Å²) in [4.78, 5) is 33.1. The van der Waals surface area contributed by atoms with Gasteiger partial charge in [-0.1, -0.05) is 29.5 Å². The number of halogens is 1. The van der Waals surface area contributed by atoms with Gasteiger partial charge in [-0.05, 0) is 29.3 Å². The van der Waals surface area contributed by atoms with E-state index in [9.17, 15) is 14.7 Å². The van der Waals surface area contributed by atoms with Crippen molar-refractivity contribution in [2.24, 2.45) is 0 Å². The number of methoxy groups -OCH3 is 1. The molecule has 9 heteroatoms. The second-order valence-corrected chi connectivity index (χ2v) is 8.48. The second kappa shape index (κ2) is 10.3. The summed E-state index contributed by atoms with van der Waals surface area (Å²) in [6, 6.07) is 7.29. The van der Waals surface area contributed by atoms with Crippen molar-refractivity contribution < 1.29 is 29.1 Å². The lowest BCUT2D eigenvalue weighted by atomic mass is 9.96. The minimum atomic E-state index is -0.785. The average Bonchev–Trinajstić information content (AvgIpc) is 3.10. The van der Waals surface area contributed by atoms with Crippen LogP contribution in [0.2, 0.25) is 5.02 Å². The molecule has 0 saturated carbocycles. The van der Waals surface area contributed by atoms with Crippen LogP contribution in [0.15, 0.2) is 48.3 Å². The highest BCUT2D eigenvalue weighted by Gasteiger charge is 2.44. The van der Waals surface area contributed by atoms with Crippen molar-refractivity contribution in [3.05, 3.63) is 64.4 Å². The van der Waals surface area contributed by atoms with Crippen LogP contribution in [-0.2, 0) is 14.3 Å². The molecule has 1 aromatic carbocycles. The summed E-state index contributed by atoms with van der Waals surface area (Å²) in [6.07, 6.45) is 3.91. The number of ketones is 1.